The molecule has 2 aliphatic heterocycles. The minimum atomic E-state index is -1.18. The molecule has 1 aromatic carbocycles. The second-order valence-electron chi connectivity index (χ2n) is 9.77. The molecule has 0 atom stereocenters. The summed E-state index contributed by atoms with van der Waals surface area (Å²) in [5.74, 6) is 0.875. The molecule has 1 saturated heterocycles. The van der Waals surface area contributed by atoms with Gasteiger partial charge in [-0.1, -0.05) is 19.6 Å². The van der Waals surface area contributed by atoms with Crippen molar-refractivity contribution in [2.75, 3.05) is 42.0 Å². The smallest absolute Gasteiger partial charge is 0.241 e. The molecule has 2 N–H and O–H groups in total. The molecule has 2 aliphatic rings. The van der Waals surface area contributed by atoms with E-state index in [1.807, 2.05) is 12.1 Å². The Morgan fingerprint density at radius 1 is 1.19 bits per heavy atom. The summed E-state index contributed by atoms with van der Waals surface area (Å²) < 4.78 is 6.86. The first-order chi connectivity index (χ1) is 14.7. The van der Waals surface area contributed by atoms with Crippen molar-refractivity contribution in [3.8, 4) is 0 Å². The van der Waals surface area contributed by atoms with Crippen LogP contribution < -0.4 is 15.5 Å². The predicted molar refractivity (Wildman–Crippen MR) is 132 cm³/mol. The number of ether oxygens (including phenoxy) is 1. The number of hydrogen-bond acceptors (Lipinski definition) is 5. The molecule has 0 aliphatic carbocycles. The van der Waals surface area contributed by atoms with Gasteiger partial charge in [0.2, 0.25) is 5.91 Å². The van der Waals surface area contributed by atoms with Crippen LogP contribution in [0, 0.1) is 0 Å². The van der Waals surface area contributed by atoms with Crippen LogP contribution in [0.4, 0.5) is 17.2 Å². The highest BCUT2D eigenvalue weighted by Crippen LogP contribution is 2.48. The van der Waals surface area contributed by atoms with Gasteiger partial charge in [-0.2, -0.15) is 0 Å². The van der Waals surface area contributed by atoms with E-state index >= 15 is 0 Å². The Balaban J connectivity index is 1.52. The van der Waals surface area contributed by atoms with E-state index in [9.17, 15) is 4.79 Å². The minimum absolute atomic E-state index is 0.123. The highest BCUT2D eigenvalue weighted by Gasteiger charge is 2.53. The van der Waals surface area contributed by atoms with Gasteiger partial charge in [-0.15, -0.1) is 0 Å². The zero-order valence-electron chi connectivity index (χ0n) is 18.5. The first kappa shape index (κ1) is 22.3. The average Bonchev–Trinajstić information content (AvgIpc) is 2.94. The van der Waals surface area contributed by atoms with E-state index in [4.69, 9.17) is 10.5 Å². The molecule has 1 aromatic heterocycles. The summed E-state index contributed by atoms with van der Waals surface area (Å²) in [6.07, 6.45) is 3.28. The van der Waals surface area contributed by atoms with E-state index in [-0.39, 0.29) is 12.6 Å². The summed E-state index contributed by atoms with van der Waals surface area (Å²) in [4.78, 5) is 22.4. The number of aromatic nitrogens is 1. The Kier molecular flexibility index (Phi) is 6.16. The third kappa shape index (κ3) is 4.52. The van der Waals surface area contributed by atoms with Crippen LogP contribution in [0.2, 0.25) is 25.7 Å². The number of pyridine rings is 1. The Hall–Kier alpha value is -1.90. The van der Waals surface area contributed by atoms with E-state index in [0.29, 0.717) is 6.61 Å². The number of benzene rings is 1. The molecule has 166 valence electrons. The van der Waals surface area contributed by atoms with Crippen molar-refractivity contribution in [3.63, 3.8) is 0 Å². The summed E-state index contributed by atoms with van der Waals surface area (Å²) in [6.45, 7) is 9.57. The highest BCUT2D eigenvalue weighted by atomic mass is 79.9. The van der Waals surface area contributed by atoms with Gasteiger partial charge < -0.3 is 15.4 Å². The SMILES string of the molecule is C[Si](C)(C)CCOCN1C(=O)C2(CCN(c3ccc(N)cc3)CC2)c2cc(Br)cnc21. The summed E-state index contributed by atoms with van der Waals surface area (Å²) in [5, 5.41) is 0. The van der Waals surface area contributed by atoms with Crippen molar-refractivity contribution in [2.45, 2.75) is 43.9 Å². The summed E-state index contributed by atoms with van der Waals surface area (Å²) in [6, 6.07) is 11.1. The van der Waals surface area contributed by atoms with Gasteiger partial charge in [0.05, 0.1) is 5.41 Å². The second kappa shape index (κ2) is 8.56. The molecule has 31 heavy (non-hydrogen) atoms. The lowest BCUT2D eigenvalue weighted by molar-refractivity contribution is -0.125. The quantitative estimate of drug-likeness (QED) is 0.354. The van der Waals surface area contributed by atoms with E-state index in [0.717, 1.165) is 59.2 Å². The minimum Gasteiger partial charge on any atom is -0.399 e. The van der Waals surface area contributed by atoms with Crippen molar-refractivity contribution < 1.29 is 9.53 Å². The van der Waals surface area contributed by atoms with E-state index in [2.05, 4.69) is 63.7 Å². The number of nitrogen functional groups attached to an aromatic ring is 1. The van der Waals surface area contributed by atoms with Gasteiger partial charge in [0.15, 0.2) is 0 Å². The van der Waals surface area contributed by atoms with Gasteiger partial charge in [0, 0.05) is 55.4 Å². The summed E-state index contributed by atoms with van der Waals surface area (Å²) >= 11 is 3.55. The largest absolute Gasteiger partial charge is 0.399 e. The van der Waals surface area contributed by atoms with Crippen LogP contribution in [0.1, 0.15) is 18.4 Å². The van der Waals surface area contributed by atoms with Crippen molar-refractivity contribution in [2.24, 2.45) is 0 Å². The number of hydrogen-bond donors (Lipinski definition) is 1. The first-order valence-electron chi connectivity index (χ1n) is 10.9. The number of fused-ring (bicyclic) bond motifs is 2. The Morgan fingerprint density at radius 2 is 1.87 bits per heavy atom. The number of anilines is 3. The number of nitrogens with two attached hydrogens (primary N) is 1. The Morgan fingerprint density at radius 3 is 2.52 bits per heavy atom. The topological polar surface area (TPSA) is 71.7 Å². The van der Waals surface area contributed by atoms with Crippen LogP contribution in [0.3, 0.4) is 0 Å². The third-order valence-corrected chi connectivity index (χ3v) is 8.49. The van der Waals surface area contributed by atoms with Crippen molar-refractivity contribution in [3.05, 3.63) is 46.6 Å². The van der Waals surface area contributed by atoms with E-state index in [1.54, 1.807) is 11.1 Å². The zero-order chi connectivity index (χ0) is 22.2. The summed E-state index contributed by atoms with van der Waals surface area (Å²) in [5.41, 5.74) is 8.24. The van der Waals surface area contributed by atoms with Crippen LogP contribution in [-0.2, 0) is 14.9 Å². The number of nitrogens with zero attached hydrogens (tertiary/aromatic N) is 3. The van der Waals surface area contributed by atoms with Crippen molar-refractivity contribution in [1.29, 1.82) is 0 Å². The van der Waals surface area contributed by atoms with Gasteiger partial charge in [0.25, 0.3) is 0 Å². The van der Waals surface area contributed by atoms with Crippen LogP contribution in [0.15, 0.2) is 41.0 Å². The molecule has 0 bridgehead atoms. The maximum absolute atomic E-state index is 13.7. The molecule has 0 saturated carbocycles. The standard InChI is InChI=1S/C23H31BrN4O2Si/c1-31(2,3)13-12-30-16-28-21-20(14-17(24)15-26-21)23(22(28)29)8-10-27(11-9-23)19-6-4-18(25)5-7-19/h4-7,14-15H,8-13,16,25H2,1-3H3. The van der Waals surface area contributed by atoms with Gasteiger partial charge in [-0.05, 0) is 65.1 Å². The third-order valence-electron chi connectivity index (χ3n) is 6.35. The molecule has 4 rings (SSSR count). The maximum atomic E-state index is 13.7. The highest BCUT2D eigenvalue weighted by molar-refractivity contribution is 9.10. The van der Waals surface area contributed by atoms with Crippen molar-refractivity contribution in [1.82, 2.24) is 4.98 Å². The van der Waals surface area contributed by atoms with Gasteiger partial charge in [-0.3, -0.25) is 9.69 Å². The van der Waals surface area contributed by atoms with Crippen molar-refractivity contribution >= 4 is 47.1 Å². The number of carbonyl (C=O) groups is 1. The molecule has 6 nitrogen and oxygen atoms in total. The van der Waals surface area contributed by atoms with Gasteiger partial charge >= 0.3 is 0 Å². The molecule has 2 aromatic rings. The van der Waals surface area contributed by atoms with Gasteiger partial charge in [-0.25, -0.2) is 4.98 Å². The van der Waals surface area contributed by atoms with Crippen LogP contribution in [0.25, 0.3) is 0 Å². The molecule has 0 unspecified atom stereocenters. The molecule has 8 heteroatoms. The average molecular weight is 504 g/mol. The monoisotopic (exact) mass is 502 g/mol. The molecular formula is C23H31BrN4O2Si. The molecule has 1 spiro atoms. The Bertz CT molecular complexity index is 953. The maximum Gasteiger partial charge on any atom is 0.241 e. The first-order valence-corrected chi connectivity index (χ1v) is 15.4. The fraction of sp³-hybridized carbons (Fsp3) is 0.478. The molecule has 3 heterocycles. The lowest BCUT2D eigenvalue weighted by Crippen LogP contribution is -2.49. The summed E-state index contributed by atoms with van der Waals surface area (Å²) in [7, 11) is -1.18. The van der Waals surface area contributed by atoms with E-state index < -0.39 is 13.5 Å². The Labute approximate surface area is 193 Å². The zero-order valence-corrected chi connectivity index (χ0v) is 21.1. The van der Waals surface area contributed by atoms with E-state index in [1.165, 1.54) is 0 Å². The lowest BCUT2D eigenvalue weighted by atomic mass is 9.74. The molecular weight excluding hydrogens is 472 g/mol. The van der Waals surface area contributed by atoms with Crippen LogP contribution in [-0.4, -0.2) is 45.4 Å². The molecule has 1 amide bonds. The fourth-order valence-corrected chi connectivity index (χ4v) is 5.53. The molecule has 1 fully saturated rings. The number of halogens is 1. The predicted octanol–water partition coefficient (Wildman–Crippen LogP) is 4.62. The second-order valence-corrected chi connectivity index (χ2v) is 16.3. The molecule has 0 radical (unpaired) electrons. The fourth-order valence-electron chi connectivity index (χ4n) is 4.44. The van der Waals surface area contributed by atoms with Crippen LogP contribution in [0.5, 0.6) is 0 Å². The number of rotatable bonds is 6. The number of carbonyl (C=O) groups excluding carboxylic acids is 1. The number of piperidine rings is 1. The van der Waals surface area contributed by atoms with Crippen LogP contribution >= 0.6 is 15.9 Å². The van der Waals surface area contributed by atoms with Gasteiger partial charge in [0.1, 0.15) is 12.5 Å². The normalized spacial score (nSPS) is 18.0. The number of amides is 1. The lowest BCUT2D eigenvalue weighted by Gasteiger charge is -2.39.